The summed E-state index contributed by atoms with van der Waals surface area (Å²) in [6, 6.07) is 117. The fourth-order valence-corrected chi connectivity index (χ4v) is 20.1. The molecular formula is C72H63ClFeO8P4+3. The number of hydrogen-bond acceptors (Lipinski definition) is 8. The molecule has 1 radical (unpaired) electrons. The summed E-state index contributed by atoms with van der Waals surface area (Å²) in [5.41, 5.74) is 0. The van der Waals surface area contributed by atoms with Crippen molar-refractivity contribution in [3.63, 3.8) is 0 Å². The van der Waals surface area contributed by atoms with Crippen molar-refractivity contribution in [3.8, 4) is 0 Å². The van der Waals surface area contributed by atoms with E-state index in [-0.39, 0.29) is 17.1 Å². The van der Waals surface area contributed by atoms with E-state index in [1.807, 2.05) is 364 Å². The fraction of sp³-hybridized carbons (Fsp3) is 0. The zero-order chi connectivity index (χ0) is 59.9. The van der Waals surface area contributed by atoms with E-state index >= 15 is 0 Å². The molecule has 12 aromatic rings. The van der Waals surface area contributed by atoms with Crippen LogP contribution in [0.4, 0.5) is 0 Å². The third-order valence-corrected chi connectivity index (χ3v) is 25.7. The van der Waals surface area contributed by atoms with E-state index in [0.29, 0.717) is 0 Å². The second kappa shape index (κ2) is 32.1. The molecule has 14 heteroatoms. The Morgan fingerprint density at radius 3 is 0.302 bits per heavy atom. The average molecular weight is 1270 g/mol. The van der Waals surface area contributed by atoms with Crippen molar-refractivity contribution in [2.45, 2.75) is 0 Å². The van der Waals surface area contributed by atoms with E-state index in [0.717, 1.165) is 63.7 Å². The van der Waals surface area contributed by atoms with Crippen LogP contribution in [0.1, 0.15) is 0 Å². The van der Waals surface area contributed by atoms with Crippen LogP contribution in [-0.2, 0) is 35.3 Å². The van der Waals surface area contributed by atoms with Crippen LogP contribution in [0.3, 0.4) is 0 Å². The summed E-state index contributed by atoms with van der Waals surface area (Å²) in [6.45, 7) is 0. The van der Waals surface area contributed by atoms with Gasteiger partial charge in [0.1, 0.15) is 0 Å². The molecule has 0 saturated carbocycles. The molecule has 0 atom stereocenters. The van der Waals surface area contributed by atoms with Gasteiger partial charge in [-0.3, -0.25) is 0 Å². The van der Waals surface area contributed by atoms with Gasteiger partial charge in [-0.05, 0) is 0 Å². The normalized spacial score (nSPS) is 11.3. The molecule has 86 heavy (non-hydrogen) atoms. The number of benzene rings is 12. The molecule has 0 fully saturated rings. The zero-order valence-corrected chi connectivity index (χ0v) is 52.0. The Balaban J connectivity index is 0.000000159. The standard InChI is InChI=1S/4C18H15OP.ClH3O4.Fe/c4*19-20(16-10-4-1-5-11-16,17-12-6-2-7-13-17)18-14-8-3-9-15-18;2-1(3,4)5;/h4*1-15H;2-4H;/q;;;;;+3. The molecule has 0 aromatic heterocycles. The molecule has 3 N–H and O–H groups in total. The predicted octanol–water partition coefficient (Wildman–Crippen LogP) is 10.4. The predicted molar refractivity (Wildman–Crippen MR) is 350 cm³/mol. The number of halogens is 1. The van der Waals surface area contributed by atoms with Gasteiger partial charge >= 0.3 is 45.9 Å². The van der Waals surface area contributed by atoms with Crippen molar-refractivity contribution in [2.75, 3.05) is 0 Å². The van der Waals surface area contributed by atoms with Crippen LogP contribution in [0, 0.1) is 10.2 Å². The van der Waals surface area contributed by atoms with Crippen molar-refractivity contribution in [3.05, 3.63) is 364 Å². The topological polar surface area (TPSA) is 152 Å². The van der Waals surface area contributed by atoms with Crippen molar-refractivity contribution >= 4 is 92.2 Å². The van der Waals surface area contributed by atoms with Crippen LogP contribution < -0.4 is 68.3 Å². The Kier molecular flexibility index (Phi) is 24.5. The molecule has 0 aliphatic carbocycles. The molecule has 431 valence electrons. The Morgan fingerprint density at radius 2 is 0.244 bits per heavy atom. The summed E-state index contributed by atoms with van der Waals surface area (Å²) in [6.07, 6.45) is 0. The van der Waals surface area contributed by atoms with E-state index in [9.17, 15) is 18.3 Å². The summed E-state index contributed by atoms with van der Waals surface area (Å²) in [5, 5.41) is 10.5. The van der Waals surface area contributed by atoms with Gasteiger partial charge < -0.3 is 18.3 Å². The van der Waals surface area contributed by atoms with Crippen LogP contribution in [-0.4, -0.2) is 14.0 Å². The Hall–Kier alpha value is -7.79. The summed E-state index contributed by atoms with van der Waals surface area (Å²) in [5.74, 6) is 0. The van der Waals surface area contributed by atoms with Crippen LogP contribution in [0.15, 0.2) is 364 Å². The second-order valence-electron chi connectivity index (χ2n) is 18.9. The molecule has 0 aliphatic rings. The van der Waals surface area contributed by atoms with Gasteiger partial charge in [-0.2, -0.15) is 0 Å². The van der Waals surface area contributed by atoms with Gasteiger partial charge in [0, 0.05) is 63.7 Å². The monoisotopic (exact) mass is 1270 g/mol. The van der Waals surface area contributed by atoms with Crippen molar-refractivity contribution in [1.82, 2.24) is 0 Å². The first-order valence-electron chi connectivity index (χ1n) is 27.0. The summed E-state index contributed by atoms with van der Waals surface area (Å²) in [7, 11) is -15.3. The third-order valence-electron chi connectivity index (χ3n) is 13.4. The van der Waals surface area contributed by atoms with E-state index < -0.39 is 38.8 Å². The first-order chi connectivity index (χ1) is 41.3. The fourth-order valence-electron chi connectivity index (χ4n) is 9.44. The van der Waals surface area contributed by atoms with Crippen LogP contribution in [0.5, 0.6) is 0 Å². The minimum atomic E-state index is -4.19. The molecule has 0 amide bonds. The number of hydrogen-bond donors (Lipinski definition) is 3. The van der Waals surface area contributed by atoms with Crippen LogP contribution >= 0.6 is 28.6 Å². The molecule has 8 nitrogen and oxygen atoms in total. The maximum atomic E-state index is 13.8. The minimum absolute atomic E-state index is 0. The Bertz CT molecular complexity index is 3130. The van der Waals surface area contributed by atoms with Crippen molar-refractivity contribution in [1.29, 1.82) is 0 Å². The van der Waals surface area contributed by atoms with Gasteiger partial charge in [-0.15, -0.1) is 0 Å². The van der Waals surface area contributed by atoms with Crippen LogP contribution in [0.25, 0.3) is 0 Å². The molecule has 0 spiro atoms. The van der Waals surface area contributed by atoms with Crippen molar-refractivity contribution in [2.24, 2.45) is 0 Å². The summed E-state index contributed by atoms with van der Waals surface area (Å²) >= 11 is 0. The molecular weight excluding hydrogens is 1210 g/mol. The van der Waals surface area contributed by atoms with E-state index in [4.69, 9.17) is 18.6 Å². The quantitative estimate of drug-likeness (QED) is 0.0808. The summed E-state index contributed by atoms with van der Waals surface area (Å²) in [4.78, 5) is 0. The molecule has 0 heterocycles. The number of rotatable bonds is 12. The van der Waals surface area contributed by atoms with Gasteiger partial charge in [-0.25, -0.2) is 0 Å². The van der Waals surface area contributed by atoms with Gasteiger partial charge in [0.05, 0.1) is 0 Å². The van der Waals surface area contributed by atoms with E-state index in [1.54, 1.807) is 0 Å². The van der Waals surface area contributed by atoms with Crippen LogP contribution in [0.2, 0.25) is 0 Å². The maximum absolute atomic E-state index is 13.8. The molecule has 0 saturated heterocycles. The average Bonchev–Trinajstić information content (AvgIpc) is 2.53. The van der Waals surface area contributed by atoms with Gasteiger partial charge in [0.15, 0.2) is 28.6 Å². The van der Waals surface area contributed by atoms with Gasteiger partial charge in [0.25, 0.3) is 0 Å². The van der Waals surface area contributed by atoms with Gasteiger partial charge in [0.2, 0.25) is 0 Å². The van der Waals surface area contributed by atoms with E-state index in [1.165, 1.54) is 0 Å². The van der Waals surface area contributed by atoms with Gasteiger partial charge in [-0.1, -0.05) is 364 Å². The second-order valence-corrected chi connectivity index (χ2v) is 30.8. The van der Waals surface area contributed by atoms with Crippen molar-refractivity contribution < 1.29 is 64.2 Å². The summed E-state index contributed by atoms with van der Waals surface area (Å²) < 4.78 is 85.5. The van der Waals surface area contributed by atoms with E-state index in [2.05, 4.69) is 0 Å². The molecule has 0 bridgehead atoms. The zero-order valence-electron chi connectivity index (χ0n) is 46.5. The Morgan fingerprint density at radius 1 is 0.186 bits per heavy atom. The molecule has 12 aromatic carbocycles. The first-order valence-corrected chi connectivity index (χ1v) is 35.2. The first kappa shape index (κ1) is 65.7. The Labute approximate surface area is 516 Å². The molecule has 0 aliphatic heterocycles. The molecule has 0 unspecified atom stereocenters. The SMILES string of the molecule is O=P(c1ccccc1)(c1ccccc1)c1ccccc1.O=P(c1ccccc1)(c1ccccc1)c1ccccc1.O=P(c1ccccc1)(c1ccccc1)c1ccccc1.O=P(c1ccccc1)(c1ccccc1)c1ccccc1.[Fe+3].[O-][Cl+](O)(O)O. The third kappa shape index (κ3) is 16.8. The molecule has 12 rings (SSSR count).